The number of hydrogen-bond donors (Lipinski definition) is 1. The lowest BCUT2D eigenvalue weighted by Crippen LogP contribution is -2.39. The molecule has 0 bridgehead atoms. The van der Waals surface area contributed by atoms with E-state index in [4.69, 9.17) is 0 Å². The smallest absolute Gasteiger partial charge is 0.239 e. The third kappa shape index (κ3) is 4.95. The van der Waals surface area contributed by atoms with Gasteiger partial charge in [0.25, 0.3) is 0 Å². The van der Waals surface area contributed by atoms with Crippen LogP contribution in [0.2, 0.25) is 0 Å². The van der Waals surface area contributed by atoms with Gasteiger partial charge in [-0.15, -0.1) is 0 Å². The lowest BCUT2D eigenvalue weighted by molar-refractivity contribution is -0.134. The minimum atomic E-state index is -0.150. The second-order valence-corrected chi connectivity index (χ2v) is 4.08. The first-order valence-electron chi connectivity index (χ1n) is 6.04. The molecule has 2 amide bonds. The Balaban J connectivity index is 2.39. The Morgan fingerprint density at radius 2 is 2.22 bits per heavy atom. The van der Waals surface area contributed by atoms with Gasteiger partial charge in [-0.25, -0.2) is 0 Å². The van der Waals surface area contributed by atoms with Crippen molar-refractivity contribution < 1.29 is 9.59 Å². The highest BCUT2D eigenvalue weighted by molar-refractivity contribution is 5.83. The van der Waals surface area contributed by atoms with Gasteiger partial charge in [0.15, 0.2) is 0 Å². The lowest BCUT2D eigenvalue weighted by Gasteiger charge is -2.19. The fourth-order valence-corrected chi connectivity index (χ4v) is 1.55. The van der Waals surface area contributed by atoms with Crippen LogP contribution in [0.4, 0.5) is 0 Å². The van der Waals surface area contributed by atoms with Crippen molar-refractivity contribution in [1.29, 1.82) is 0 Å². The average Bonchev–Trinajstić information content (AvgIpc) is 2.37. The molecule has 0 radical (unpaired) electrons. The predicted octanol–water partition coefficient (Wildman–Crippen LogP) is 0.956. The molecule has 5 nitrogen and oxygen atoms in total. The fourth-order valence-electron chi connectivity index (χ4n) is 1.55. The van der Waals surface area contributed by atoms with Gasteiger partial charge in [0, 0.05) is 32.4 Å². The van der Waals surface area contributed by atoms with Crippen LogP contribution in [0, 0.1) is 0 Å². The molecule has 0 aromatic carbocycles. The monoisotopic (exact) mass is 249 g/mol. The molecule has 0 atom stereocenters. The van der Waals surface area contributed by atoms with E-state index in [1.54, 1.807) is 17.3 Å². The summed E-state index contributed by atoms with van der Waals surface area (Å²) in [5.74, 6) is -0.226. The quantitative estimate of drug-likeness (QED) is 0.816. The van der Waals surface area contributed by atoms with Crippen LogP contribution in [0.5, 0.6) is 0 Å². The van der Waals surface area contributed by atoms with Crippen molar-refractivity contribution in [2.45, 2.75) is 26.8 Å². The largest absolute Gasteiger partial charge is 0.350 e. The van der Waals surface area contributed by atoms with E-state index in [1.165, 1.54) is 6.92 Å². The minimum Gasteiger partial charge on any atom is -0.350 e. The molecular weight excluding hydrogens is 230 g/mol. The lowest BCUT2D eigenvalue weighted by atomic mass is 10.3. The molecule has 0 saturated heterocycles. The van der Waals surface area contributed by atoms with Gasteiger partial charge in [-0.2, -0.15) is 0 Å². The van der Waals surface area contributed by atoms with Gasteiger partial charge in [-0.1, -0.05) is 13.0 Å². The maximum atomic E-state index is 11.7. The third-order valence-corrected chi connectivity index (χ3v) is 2.49. The number of aromatic nitrogens is 1. The van der Waals surface area contributed by atoms with E-state index in [0.717, 1.165) is 12.0 Å². The van der Waals surface area contributed by atoms with Crippen molar-refractivity contribution in [2.24, 2.45) is 0 Å². The SMILES string of the molecule is CCCN(CC(=O)NCc1cccnc1)C(C)=O. The van der Waals surface area contributed by atoms with Crippen molar-refractivity contribution >= 4 is 11.8 Å². The van der Waals surface area contributed by atoms with E-state index in [9.17, 15) is 9.59 Å². The zero-order chi connectivity index (χ0) is 13.4. The van der Waals surface area contributed by atoms with Crippen LogP contribution >= 0.6 is 0 Å². The van der Waals surface area contributed by atoms with Crippen molar-refractivity contribution in [3.63, 3.8) is 0 Å². The first-order chi connectivity index (χ1) is 8.63. The van der Waals surface area contributed by atoms with Crippen LogP contribution < -0.4 is 5.32 Å². The van der Waals surface area contributed by atoms with E-state index >= 15 is 0 Å². The molecule has 0 spiro atoms. The van der Waals surface area contributed by atoms with Crippen molar-refractivity contribution in [2.75, 3.05) is 13.1 Å². The molecule has 0 saturated carbocycles. The highest BCUT2D eigenvalue weighted by Crippen LogP contribution is 1.96. The van der Waals surface area contributed by atoms with Crippen LogP contribution in [0.1, 0.15) is 25.8 Å². The topological polar surface area (TPSA) is 62.3 Å². The number of nitrogens with zero attached hydrogens (tertiary/aromatic N) is 2. The third-order valence-electron chi connectivity index (χ3n) is 2.49. The van der Waals surface area contributed by atoms with Crippen molar-refractivity contribution in [1.82, 2.24) is 15.2 Å². The summed E-state index contributed by atoms with van der Waals surface area (Å²) in [5.41, 5.74) is 0.940. The number of pyridine rings is 1. The Labute approximate surface area is 107 Å². The first kappa shape index (κ1) is 14.2. The average molecular weight is 249 g/mol. The van der Waals surface area contributed by atoms with Gasteiger partial charge >= 0.3 is 0 Å². The molecule has 0 aliphatic carbocycles. The molecule has 0 aliphatic rings. The van der Waals surface area contributed by atoms with Gasteiger partial charge in [-0.05, 0) is 18.1 Å². The van der Waals surface area contributed by atoms with Gasteiger partial charge in [-0.3, -0.25) is 14.6 Å². The second-order valence-electron chi connectivity index (χ2n) is 4.08. The van der Waals surface area contributed by atoms with Crippen LogP contribution in [-0.4, -0.2) is 34.8 Å². The highest BCUT2D eigenvalue weighted by Gasteiger charge is 2.11. The van der Waals surface area contributed by atoms with Gasteiger partial charge in [0.05, 0.1) is 6.54 Å². The Kier molecular flexibility index (Phi) is 5.84. The summed E-state index contributed by atoms with van der Waals surface area (Å²) in [4.78, 5) is 28.5. The highest BCUT2D eigenvalue weighted by atomic mass is 16.2. The number of carbonyl (C=O) groups excluding carboxylic acids is 2. The molecule has 0 unspecified atom stereocenters. The molecule has 0 aliphatic heterocycles. The normalized spacial score (nSPS) is 9.89. The second kappa shape index (κ2) is 7.42. The summed E-state index contributed by atoms with van der Waals surface area (Å²) in [6.45, 7) is 4.61. The van der Waals surface area contributed by atoms with Crippen LogP contribution in [-0.2, 0) is 16.1 Å². The molecular formula is C13H19N3O2. The van der Waals surface area contributed by atoms with Crippen LogP contribution in [0.3, 0.4) is 0 Å². The maximum absolute atomic E-state index is 11.7. The predicted molar refractivity (Wildman–Crippen MR) is 68.6 cm³/mol. The number of nitrogens with one attached hydrogen (secondary N) is 1. The summed E-state index contributed by atoms with van der Waals surface area (Å²) in [6, 6.07) is 3.71. The van der Waals surface area contributed by atoms with E-state index in [2.05, 4.69) is 10.3 Å². The number of hydrogen-bond acceptors (Lipinski definition) is 3. The van der Waals surface area contributed by atoms with Gasteiger partial charge in [0.2, 0.25) is 11.8 Å². The summed E-state index contributed by atoms with van der Waals surface area (Å²) >= 11 is 0. The molecule has 18 heavy (non-hydrogen) atoms. The molecule has 98 valence electrons. The number of carbonyl (C=O) groups is 2. The molecule has 1 rings (SSSR count). The maximum Gasteiger partial charge on any atom is 0.239 e. The Morgan fingerprint density at radius 3 is 2.78 bits per heavy atom. The molecule has 1 heterocycles. The first-order valence-corrected chi connectivity index (χ1v) is 6.04. The van der Waals surface area contributed by atoms with E-state index in [1.807, 2.05) is 19.1 Å². The number of rotatable bonds is 6. The minimum absolute atomic E-state index is 0.0756. The Hall–Kier alpha value is -1.91. The van der Waals surface area contributed by atoms with E-state index in [0.29, 0.717) is 13.1 Å². The summed E-state index contributed by atoms with van der Waals surface area (Å²) < 4.78 is 0. The Bertz CT molecular complexity index is 392. The molecule has 1 N–H and O–H groups in total. The molecule has 0 fully saturated rings. The van der Waals surface area contributed by atoms with Crippen LogP contribution in [0.25, 0.3) is 0 Å². The number of amides is 2. The van der Waals surface area contributed by atoms with Gasteiger partial charge in [0.1, 0.15) is 0 Å². The summed E-state index contributed by atoms with van der Waals surface area (Å²) in [5, 5.41) is 2.77. The van der Waals surface area contributed by atoms with E-state index < -0.39 is 0 Å². The van der Waals surface area contributed by atoms with Crippen molar-refractivity contribution in [3.05, 3.63) is 30.1 Å². The summed E-state index contributed by atoms with van der Waals surface area (Å²) in [6.07, 6.45) is 4.23. The van der Waals surface area contributed by atoms with Crippen molar-refractivity contribution in [3.8, 4) is 0 Å². The molecule has 1 aromatic heterocycles. The van der Waals surface area contributed by atoms with E-state index in [-0.39, 0.29) is 18.4 Å². The van der Waals surface area contributed by atoms with Crippen LogP contribution in [0.15, 0.2) is 24.5 Å². The zero-order valence-electron chi connectivity index (χ0n) is 10.8. The zero-order valence-corrected chi connectivity index (χ0v) is 10.8. The van der Waals surface area contributed by atoms with Gasteiger partial charge < -0.3 is 10.2 Å². The fraction of sp³-hybridized carbons (Fsp3) is 0.462. The summed E-state index contributed by atoms with van der Waals surface area (Å²) in [7, 11) is 0. The molecule has 1 aromatic rings. The standard InChI is InChI=1S/C13H19N3O2/c1-3-7-16(11(2)17)10-13(18)15-9-12-5-4-6-14-8-12/h4-6,8H,3,7,9-10H2,1-2H3,(H,15,18). The Morgan fingerprint density at radius 1 is 1.44 bits per heavy atom. The molecule has 5 heteroatoms.